The Bertz CT molecular complexity index is 356. The summed E-state index contributed by atoms with van der Waals surface area (Å²) < 4.78 is 0. The maximum absolute atomic E-state index is 12.4. The molecule has 2 saturated carbocycles. The number of rotatable bonds is 4. The van der Waals surface area contributed by atoms with Gasteiger partial charge in [0.15, 0.2) is 0 Å². The van der Waals surface area contributed by atoms with E-state index in [1.165, 1.54) is 0 Å². The van der Waals surface area contributed by atoms with Crippen molar-refractivity contribution in [3.63, 3.8) is 0 Å². The van der Waals surface area contributed by atoms with Crippen LogP contribution >= 0.6 is 0 Å². The molecule has 4 N–H and O–H groups in total. The average molecular weight is 268 g/mol. The van der Waals surface area contributed by atoms with E-state index in [0.29, 0.717) is 12.8 Å². The number of amides is 1. The Morgan fingerprint density at radius 2 is 1.53 bits per heavy atom. The van der Waals surface area contributed by atoms with Crippen molar-refractivity contribution in [2.75, 3.05) is 0 Å². The summed E-state index contributed by atoms with van der Waals surface area (Å²) in [5, 5.41) is 12.1. The Kier molecular flexibility index (Phi) is 4.13. The van der Waals surface area contributed by atoms with Crippen LogP contribution in [0.25, 0.3) is 0 Å². The molecule has 1 amide bonds. The van der Waals surface area contributed by atoms with E-state index in [1.807, 2.05) is 0 Å². The summed E-state index contributed by atoms with van der Waals surface area (Å²) >= 11 is 0. The lowest BCUT2D eigenvalue weighted by molar-refractivity contribution is -0.140. The highest BCUT2D eigenvalue weighted by Gasteiger charge is 2.43. The summed E-state index contributed by atoms with van der Waals surface area (Å²) in [5.41, 5.74) is 4.80. The van der Waals surface area contributed by atoms with E-state index < -0.39 is 17.0 Å². The molecule has 0 atom stereocenters. The van der Waals surface area contributed by atoms with Crippen LogP contribution in [-0.2, 0) is 9.59 Å². The predicted molar refractivity (Wildman–Crippen MR) is 71.6 cm³/mol. The third-order valence-electron chi connectivity index (χ3n) is 4.63. The number of carbonyl (C=O) groups excluding carboxylic acids is 1. The Morgan fingerprint density at radius 1 is 1.00 bits per heavy atom. The molecule has 0 radical (unpaired) electrons. The summed E-state index contributed by atoms with van der Waals surface area (Å²) in [6.45, 7) is 0. The Morgan fingerprint density at radius 3 is 2.05 bits per heavy atom. The largest absolute Gasteiger partial charge is 0.481 e. The lowest BCUT2D eigenvalue weighted by atomic mass is 9.78. The molecule has 2 aliphatic rings. The van der Waals surface area contributed by atoms with E-state index >= 15 is 0 Å². The predicted octanol–water partition coefficient (Wildman–Crippen LogP) is 1.55. The van der Waals surface area contributed by atoms with E-state index in [9.17, 15) is 9.59 Å². The summed E-state index contributed by atoms with van der Waals surface area (Å²) in [7, 11) is 0. The highest BCUT2D eigenvalue weighted by Crippen LogP contribution is 2.33. The van der Waals surface area contributed by atoms with Crippen molar-refractivity contribution < 1.29 is 14.7 Å². The molecule has 2 rings (SSSR count). The molecule has 0 aliphatic heterocycles. The zero-order valence-corrected chi connectivity index (χ0v) is 11.4. The van der Waals surface area contributed by atoms with Crippen LogP contribution in [0.15, 0.2) is 0 Å². The maximum Gasteiger partial charge on any atom is 0.305 e. The summed E-state index contributed by atoms with van der Waals surface area (Å²) in [6.07, 6.45) is 7.97. The van der Waals surface area contributed by atoms with Crippen LogP contribution in [0, 0.1) is 0 Å². The van der Waals surface area contributed by atoms with Crippen molar-refractivity contribution in [2.24, 2.45) is 5.73 Å². The number of carboxylic acid groups (broad SMARTS) is 1. The number of carboxylic acids is 1. The zero-order valence-electron chi connectivity index (χ0n) is 11.4. The second kappa shape index (κ2) is 5.49. The summed E-state index contributed by atoms with van der Waals surface area (Å²) in [4.78, 5) is 23.5. The van der Waals surface area contributed by atoms with Crippen molar-refractivity contribution in [3.05, 3.63) is 0 Å². The molecule has 5 heteroatoms. The van der Waals surface area contributed by atoms with Gasteiger partial charge < -0.3 is 16.2 Å². The first-order valence-electron chi connectivity index (χ1n) is 7.29. The van der Waals surface area contributed by atoms with Gasteiger partial charge in [-0.05, 0) is 25.7 Å². The SMILES string of the molecule is NC1(C(=O)NC2(CC(=O)O)CCCCC2)CCCC1. The number of hydrogen-bond donors (Lipinski definition) is 3. The molecule has 0 spiro atoms. The third-order valence-corrected chi connectivity index (χ3v) is 4.63. The monoisotopic (exact) mass is 268 g/mol. The summed E-state index contributed by atoms with van der Waals surface area (Å²) in [5.74, 6) is -0.993. The zero-order chi connectivity index (χ0) is 13.9. The van der Waals surface area contributed by atoms with Crippen LogP contribution in [-0.4, -0.2) is 28.1 Å². The molecule has 0 aromatic carbocycles. The number of nitrogens with one attached hydrogen (secondary N) is 1. The fraction of sp³-hybridized carbons (Fsp3) is 0.857. The highest BCUT2D eigenvalue weighted by molar-refractivity contribution is 5.87. The molecule has 19 heavy (non-hydrogen) atoms. The minimum Gasteiger partial charge on any atom is -0.481 e. The second-order valence-corrected chi connectivity index (χ2v) is 6.23. The molecule has 5 nitrogen and oxygen atoms in total. The molecule has 0 heterocycles. The van der Waals surface area contributed by atoms with Crippen LogP contribution in [0.3, 0.4) is 0 Å². The number of nitrogens with two attached hydrogens (primary N) is 1. The topological polar surface area (TPSA) is 92.4 Å². The maximum atomic E-state index is 12.4. The van der Waals surface area contributed by atoms with Gasteiger partial charge in [0, 0.05) is 0 Å². The number of hydrogen-bond acceptors (Lipinski definition) is 3. The van der Waals surface area contributed by atoms with Gasteiger partial charge in [-0.25, -0.2) is 0 Å². The number of carbonyl (C=O) groups is 2. The van der Waals surface area contributed by atoms with Crippen LogP contribution in [0.1, 0.15) is 64.2 Å². The Labute approximate surface area is 113 Å². The smallest absolute Gasteiger partial charge is 0.305 e. The first kappa shape index (κ1) is 14.3. The van der Waals surface area contributed by atoms with E-state index in [2.05, 4.69) is 5.32 Å². The minimum atomic E-state index is -0.848. The first-order valence-corrected chi connectivity index (χ1v) is 7.29. The molecular weight excluding hydrogens is 244 g/mol. The van der Waals surface area contributed by atoms with Crippen molar-refractivity contribution in [1.29, 1.82) is 0 Å². The lowest BCUT2D eigenvalue weighted by Gasteiger charge is -2.39. The third kappa shape index (κ3) is 3.26. The number of aliphatic carboxylic acids is 1. The standard InChI is InChI=1S/C14H24N2O3/c15-14(8-4-5-9-14)12(19)16-13(10-11(17)18)6-2-1-3-7-13/h1-10,15H2,(H,16,19)(H,17,18). The van der Waals surface area contributed by atoms with E-state index in [4.69, 9.17) is 10.8 Å². The van der Waals surface area contributed by atoms with E-state index in [-0.39, 0.29) is 12.3 Å². The van der Waals surface area contributed by atoms with Gasteiger partial charge in [-0.15, -0.1) is 0 Å². The fourth-order valence-corrected chi connectivity index (χ4v) is 3.46. The minimum absolute atomic E-state index is 0.00875. The molecule has 108 valence electrons. The summed E-state index contributed by atoms with van der Waals surface area (Å²) in [6, 6.07) is 0. The van der Waals surface area contributed by atoms with Crippen LogP contribution in [0.5, 0.6) is 0 Å². The van der Waals surface area contributed by atoms with Crippen LogP contribution in [0.2, 0.25) is 0 Å². The van der Waals surface area contributed by atoms with Crippen LogP contribution < -0.4 is 11.1 Å². The van der Waals surface area contributed by atoms with Gasteiger partial charge in [-0.3, -0.25) is 9.59 Å². The van der Waals surface area contributed by atoms with Crippen molar-refractivity contribution in [2.45, 2.75) is 75.3 Å². The van der Waals surface area contributed by atoms with E-state index in [0.717, 1.165) is 44.9 Å². The van der Waals surface area contributed by atoms with Gasteiger partial charge in [0.2, 0.25) is 5.91 Å². The first-order chi connectivity index (χ1) is 8.96. The second-order valence-electron chi connectivity index (χ2n) is 6.23. The average Bonchev–Trinajstić information content (AvgIpc) is 2.77. The van der Waals surface area contributed by atoms with Gasteiger partial charge in [0.05, 0.1) is 17.5 Å². The van der Waals surface area contributed by atoms with Gasteiger partial charge in [0.25, 0.3) is 0 Å². The van der Waals surface area contributed by atoms with E-state index in [1.54, 1.807) is 0 Å². The fourth-order valence-electron chi connectivity index (χ4n) is 3.46. The van der Waals surface area contributed by atoms with Gasteiger partial charge >= 0.3 is 5.97 Å². The molecule has 2 aliphatic carbocycles. The van der Waals surface area contributed by atoms with Gasteiger partial charge in [-0.2, -0.15) is 0 Å². The quantitative estimate of drug-likeness (QED) is 0.721. The molecular formula is C14H24N2O3. The van der Waals surface area contributed by atoms with Crippen molar-refractivity contribution in [3.8, 4) is 0 Å². The Balaban J connectivity index is 2.06. The van der Waals surface area contributed by atoms with Crippen molar-refractivity contribution in [1.82, 2.24) is 5.32 Å². The lowest BCUT2D eigenvalue weighted by Crippen LogP contribution is -2.60. The van der Waals surface area contributed by atoms with Gasteiger partial charge in [0.1, 0.15) is 0 Å². The van der Waals surface area contributed by atoms with Crippen LogP contribution in [0.4, 0.5) is 0 Å². The molecule has 0 unspecified atom stereocenters. The molecule has 0 bridgehead atoms. The Hall–Kier alpha value is -1.10. The molecule has 0 aromatic rings. The normalized spacial score (nSPS) is 24.9. The van der Waals surface area contributed by atoms with Gasteiger partial charge in [-0.1, -0.05) is 32.1 Å². The molecule has 2 fully saturated rings. The molecule has 0 aromatic heterocycles. The van der Waals surface area contributed by atoms with Crippen molar-refractivity contribution >= 4 is 11.9 Å². The highest BCUT2D eigenvalue weighted by atomic mass is 16.4. The molecule has 0 saturated heterocycles.